The second kappa shape index (κ2) is 7.40. The fraction of sp³-hybridized carbons (Fsp3) is 0.250. The standard InChI is InChI=1S/C20H21ClN4O2/c1-20(2,3)24-19(27)17-23-16(15-10-6-7-11-25(15)17)18(26)22-12-13-8-4-5-9-14(13)21/h4-11H,12H2,1-3H3,(H,22,26)(H,24,27). The van der Waals surface area contributed by atoms with E-state index in [9.17, 15) is 9.59 Å². The molecule has 140 valence electrons. The average molecular weight is 385 g/mol. The Kier molecular flexibility index (Phi) is 5.19. The van der Waals surface area contributed by atoms with Crippen LogP contribution in [0.2, 0.25) is 5.02 Å². The third-order valence-corrected chi connectivity index (χ3v) is 4.22. The number of halogens is 1. The maximum absolute atomic E-state index is 12.7. The first-order valence-corrected chi connectivity index (χ1v) is 8.95. The number of hydrogen-bond acceptors (Lipinski definition) is 3. The van der Waals surface area contributed by atoms with Crippen LogP contribution in [0.15, 0.2) is 48.7 Å². The van der Waals surface area contributed by atoms with Crippen molar-refractivity contribution < 1.29 is 9.59 Å². The summed E-state index contributed by atoms with van der Waals surface area (Å²) < 4.78 is 1.62. The average Bonchev–Trinajstić information content (AvgIpc) is 2.99. The molecule has 0 aliphatic carbocycles. The van der Waals surface area contributed by atoms with Crippen LogP contribution in [0.3, 0.4) is 0 Å². The van der Waals surface area contributed by atoms with Crippen molar-refractivity contribution in [3.8, 4) is 0 Å². The number of nitrogens with one attached hydrogen (secondary N) is 2. The number of carbonyl (C=O) groups excluding carboxylic acids is 2. The zero-order valence-corrected chi connectivity index (χ0v) is 16.2. The van der Waals surface area contributed by atoms with Crippen molar-refractivity contribution in [2.75, 3.05) is 0 Å². The summed E-state index contributed by atoms with van der Waals surface area (Å²) in [5.41, 5.74) is 1.15. The molecule has 3 aromatic rings. The molecule has 2 aromatic heterocycles. The van der Waals surface area contributed by atoms with Gasteiger partial charge in [-0.1, -0.05) is 35.9 Å². The fourth-order valence-electron chi connectivity index (χ4n) is 2.66. The first-order valence-electron chi connectivity index (χ1n) is 8.57. The van der Waals surface area contributed by atoms with Crippen molar-refractivity contribution in [1.82, 2.24) is 20.0 Å². The maximum atomic E-state index is 12.7. The Bertz CT molecular complexity index is 1000. The molecule has 7 heteroatoms. The predicted octanol–water partition coefficient (Wildman–Crippen LogP) is 3.45. The minimum absolute atomic E-state index is 0.170. The van der Waals surface area contributed by atoms with E-state index in [1.807, 2.05) is 39.0 Å². The van der Waals surface area contributed by atoms with Gasteiger partial charge in [-0.05, 0) is 44.5 Å². The van der Waals surface area contributed by atoms with Gasteiger partial charge in [0, 0.05) is 23.3 Å². The van der Waals surface area contributed by atoms with E-state index in [0.717, 1.165) is 5.56 Å². The van der Waals surface area contributed by atoms with E-state index in [-0.39, 0.29) is 29.9 Å². The van der Waals surface area contributed by atoms with Crippen LogP contribution in [0, 0.1) is 0 Å². The Balaban J connectivity index is 1.89. The molecule has 2 amide bonds. The van der Waals surface area contributed by atoms with E-state index in [1.54, 1.807) is 34.9 Å². The highest BCUT2D eigenvalue weighted by atomic mass is 35.5. The van der Waals surface area contributed by atoms with Gasteiger partial charge in [0.2, 0.25) is 5.82 Å². The van der Waals surface area contributed by atoms with Crippen LogP contribution in [-0.4, -0.2) is 26.7 Å². The lowest BCUT2D eigenvalue weighted by atomic mass is 10.1. The number of hydrogen-bond donors (Lipinski definition) is 2. The van der Waals surface area contributed by atoms with Gasteiger partial charge >= 0.3 is 0 Å². The normalized spacial score (nSPS) is 11.4. The lowest BCUT2D eigenvalue weighted by molar-refractivity contribution is 0.0908. The zero-order chi connectivity index (χ0) is 19.6. The van der Waals surface area contributed by atoms with Crippen molar-refractivity contribution in [3.05, 3.63) is 70.8 Å². The molecule has 0 saturated carbocycles. The molecule has 0 aliphatic rings. The first kappa shape index (κ1) is 18.9. The molecule has 6 nitrogen and oxygen atoms in total. The number of fused-ring (bicyclic) bond motifs is 1. The van der Waals surface area contributed by atoms with E-state index in [1.165, 1.54) is 0 Å². The number of benzene rings is 1. The van der Waals surface area contributed by atoms with Crippen LogP contribution in [0.25, 0.3) is 5.52 Å². The summed E-state index contributed by atoms with van der Waals surface area (Å²) in [5.74, 6) is -0.536. The highest BCUT2D eigenvalue weighted by molar-refractivity contribution is 6.31. The van der Waals surface area contributed by atoms with Crippen molar-refractivity contribution in [3.63, 3.8) is 0 Å². The van der Waals surface area contributed by atoms with Gasteiger partial charge in [0.15, 0.2) is 5.69 Å². The maximum Gasteiger partial charge on any atom is 0.288 e. The van der Waals surface area contributed by atoms with Crippen LogP contribution in [0.1, 0.15) is 47.4 Å². The minimum Gasteiger partial charge on any atom is -0.346 e. The summed E-state index contributed by atoms with van der Waals surface area (Å²) in [7, 11) is 0. The molecule has 3 rings (SSSR count). The summed E-state index contributed by atoms with van der Waals surface area (Å²) in [4.78, 5) is 29.6. The SMILES string of the molecule is CC(C)(C)NC(=O)c1nc(C(=O)NCc2ccccc2Cl)c2ccccn12. The Morgan fingerprint density at radius 1 is 1.07 bits per heavy atom. The molecule has 1 aromatic carbocycles. The number of nitrogens with zero attached hydrogens (tertiary/aromatic N) is 2. The molecule has 0 spiro atoms. The van der Waals surface area contributed by atoms with Crippen LogP contribution in [0.5, 0.6) is 0 Å². The number of carbonyl (C=O) groups is 2. The second-order valence-electron chi connectivity index (χ2n) is 7.22. The van der Waals surface area contributed by atoms with Crippen molar-refractivity contribution in [1.29, 1.82) is 0 Å². The summed E-state index contributed by atoms with van der Waals surface area (Å²) in [6.45, 7) is 5.93. The van der Waals surface area contributed by atoms with Crippen LogP contribution in [-0.2, 0) is 6.54 Å². The van der Waals surface area contributed by atoms with Crippen LogP contribution in [0.4, 0.5) is 0 Å². The topological polar surface area (TPSA) is 75.5 Å². The molecule has 2 heterocycles. The van der Waals surface area contributed by atoms with Gasteiger partial charge in [0.05, 0.1) is 5.52 Å². The zero-order valence-electron chi connectivity index (χ0n) is 15.4. The molecule has 0 bridgehead atoms. The largest absolute Gasteiger partial charge is 0.346 e. The Labute approximate surface area is 162 Å². The van der Waals surface area contributed by atoms with Crippen molar-refractivity contribution >= 4 is 28.9 Å². The smallest absolute Gasteiger partial charge is 0.288 e. The lowest BCUT2D eigenvalue weighted by Crippen LogP contribution is -2.41. The van der Waals surface area contributed by atoms with Gasteiger partial charge < -0.3 is 10.6 Å². The van der Waals surface area contributed by atoms with E-state index in [4.69, 9.17) is 11.6 Å². The highest BCUT2D eigenvalue weighted by Crippen LogP contribution is 2.17. The quantitative estimate of drug-likeness (QED) is 0.723. The third-order valence-electron chi connectivity index (χ3n) is 3.85. The molecule has 0 atom stereocenters. The summed E-state index contributed by atoms with van der Waals surface area (Å²) in [5, 5.41) is 6.27. The Hall–Kier alpha value is -2.86. The lowest BCUT2D eigenvalue weighted by Gasteiger charge is -2.19. The molecule has 27 heavy (non-hydrogen) atoms. The molecule has 0 radical (unpaired) electrons. The van der Waals surface area contributed by atoms with Crippen LogP contribution >= 0.6 is 11.6 Å². The van der Waals surface area contributed by atoms with Crippen LogP contribution < -0.4 is 10.6 Å². The molecular formula is C20H21ClN4O2. The van der Waals surface area contributed by atoms with E-state index >= 15 is 0 Å². The van der Waals surface area contributed by atoms with Gasteiger partial charge in [0.1, 0.15) is 0 Å². The van der Waals surface area contributed by atoms with Gasteiger partial charge in [0.25, 0.3) is 11.8 Å². The second-order valence-corrected chi connectivity index (χ2v) is 7.63. The number of rotatable bonds is 4. The van der Waals surface area contributed by atoms with Gasteiger partial charge in [-0.2, -0.15) is 0 Å². The van der Waals surface area contributed by atoms with Gasteiger partial charge in [-0.25, -0.2) is 4.98 Å². The van der Waals surface area contributed by atoms with E-state index < -0.39 is 5.54 Å². The predicted molar refractivity (Wildman–Crippen MR) is 105 cm³/mol. The highest BCUT2D eigenvalue weighted by Gasteiger charge is 2.24. The monoisotopic (exact) mass is 384 g/mol. The van der Waals surface area contributed by atoms with Gasteiger partial charge in [-0.3, -0.25) is 14.0 Å². The van der Waals surface area contributed by atoms with Gasteiger partial charge in [-0.15, -0.1) is 0 Å². The fourth-order valence-corrected chi connectivity index (χ4v) is 2.87. The summed E-state index contributed by atoms with van der Waals surface area (Å²) in [6.07, 6.45) is 1.71. The molecule has 0 unspecified atom stereocenters. The molecular weight excluding hydrogens is 364 g/mol. The molecule has 0 aliphatic heterocycles. The number of amides is 2. The Morgan fingerprint density at radius 3 is 2.48 bits per heavy atom. The number of aromatic nitrogens is 2. The minimum atomic E-state index is -0.413. The molecule has 0 saturated heterocycles. The molecule has 0 fully saturated rings. The summed E-state index contributed by atoms with van der Waals surface area (Å²) >= 11 is 6.13. The van der Waals surface area contributed by atoms with Crippen molar-refractivity contribution in [2.45, 2.75) is 32.9 Å². The number of pyridine rings is 1. The summed E-state index contributed by atoms with van der Waals surface area (Å²) in [6, 6.07) is 12.6. The van der Waals surface area contributed by atoms with E-state index in [0.29, 0.717) is 10.5 Å². The third kappa shape index (κ3) is 4.28. The van der Waals surface area contributed by atoms with E-state index in [2.05, 4.69) is 15.6 Å². The first-order chi connectivity index (χ1) is 12.8. The van der Waals surface area contributed by atoms with Crippen molar-refractivity contribution in [2.24, 2.45) is 0 Å². The number of imidazole rings is 1. The Morgan fingerprint density at radius 2 is 1.78 bits per heavy atom. The molecule has 2 N–H and O–H groups in total.